The second-order valence-corrected chi connectivity index (χ2v) is 10.5. The van der Waals surface area contributed by atoms with Gasteiger partial charge < -0.3 is 19.4 Å². The Morgan fingerprint density at radius 1 is 1.11 bits per heavy atom. The minimum atomic E-state index is -0.174. The van der Waals surface area contributed by atoms with E-state index in [1.54, 1.807) is 17.7 Å². The highest BCUT2D eigenvalue weighted by Crippen LogP contribution is 2.36. The van der Waals surface area contributed by atoms with E-state index < -0.39 is 0 Å². The lowest BCUT2D eigenvalue weighted by atomic mass is 9.80. The lowest BCUT2D eigenvalue weighted by molar-refractivity contribution is -0.138. The molecule has 1 aliphatic heterocycles. The summed E-state index contributed by atoms with van der Waals surface area (Å²) >= 11 is 0. The highest BCUT2D eigenvalue weighted by Gasteiger charge is 2.40. The normalized spacial score (nSPS) is 19.7. The Kier molecular flexibility index (Phi) is 6.38. The van der Waals surface area contributed by atoms with Gasteiger partial charge in [0.25, 0.3) is 5.56 Å². The minimum Gasteiger partial charge on any atom is -0.343 e. The summed E-state index contributed by atoms with van der Waals surface area (Å²) in [5.74, 6) is 0.0786. The maximum Gasteiger partial charge on any atom is 0.250 e. The standard InChI is InChI=1S/C30H33N5O2/c1-33-15-11-22(16-29(33)36)25-10-14-32-17-27(25)30(37)35(24-6-7-24)20-23-19-34(18-21-8-12-31-13-9-21)28-5-3-2-4-26(23)28/h2-5,8-9,11-13,15-16,19,24-25,27,32H,6-7,10,14,17-18,20H2,1H3/t25-,27+/m0/s1. The Morgan fingerprint density at radius 3 is 2.70 bits per heavy atom. The summed E-state index contributed by atoms with van der Waals surface area (Å²) in [6.45, 7) is 2.87. The number of carbonyl (C=O) groups excluding carboxylic acids is 1. The van der Waals surface area contributed by atoms with Crippen molar-refractivity contribution in [3.05, 3.63) is 100 Å². The van der Waals surface area contributed by atoms with Crippen LogP contribution in [-0.4, -0.2) is 44.1 Å². The number of nitrogens with zero attached hydrogens (tertiary/aromatic N) is 4. The smallest absolute Gasteiger partial charge is 0.250 e. The van der Waals surface area contributed by atoms with E-state index >= 15 is 0 Å². The molecule has 4 aromatic rings. The van der Waals surface area contributed by atoms with Crippen LogP contribution in [0.15, 0.2) is 78.1 Å². The topological polar surface area (TPSA) is 72.2 Å². The SMILES string of the molecule is Cn1ccc([C@@H]2CCNC[C@H]2C(=O)N(Cc2cn(Cc3ccncc3)c3ccccc23)C2CC2)cc1=O. The van der Waals surface area contributed by atoms with Gasteiger partial charge in [-0.2, -0.15) is 0 Å². The molecular formula is C30H33N5O2. The van der Waals surface area contributed by atoms with Gasteiger partial charge in [0.15, 0.2) is 0 Å². The number of piperidine rings is 1. The van der Waals surface area contributed by atoms with Crippen molar-refractivity contribution in [2.24, 2.45) is 13.0 Å². The molecule has 190 valence electrons. The van der Waals surface area contributed by atoms with Crippen molar-refractivity contribution in [2.45, 2.75) is 44.3 Å². The highest BCUT2D eigenvalue weighted by molar-refractivity contribution is 5.86. The Hall–Kier alpha value is -3.71. The van der Waals surface area contributed by atoms with Gasteiger partial charge in [-0.1, -0.05) is 18.2 Å². The van der Waals surface area contributed by atoms with Crippen LogP contribution < -0.4 is 10.9 Å². The van der Waals surface area contributed by atoms with Crippen LogP contribution >= 0.6 is 0 Å². The molecule has 1 N–H and O–H groups in total. The van der Waals surface area contributed by atoms with E-state index in [4.69, 9.17) is 0 Å². The first-order valence-electron chi connectivity index (χ1n) is 13.2. The number of benzene rings is 1. The second kappa shape index (κ2) is 9.98. The van der Waals surface area contributed by atoms with Crippen molar-refractivity contribution in [1.82, 2.24) is 24.3 Å². The summed E-state index contributed by atoms with van der Waals surface area (Å²) in [5, 5.41) is 4.63. The molecule has 1 aromatic carbocycles. The molecule has 2 atom stereocenters. The molecule has 1 aliphatic carbocycles. The molecule has 2 fully saturated rings. The Labute approximate surface area is 216 Å². The average Bonchev–Trinajstić information content (AvgIpc) is 3.72. The van der Waals surface area contributed by atoms with Gasteiger partial charge >= 0.3 is 0 Å². The Bertz CT molecular complexity index is 1470. The third-order valence-corrected chi connectivity index (χ3v) is 7.94. The van der Waals surface area contributed by atoms with E-state index in [0.717, 1.165) is 37.9 Å². The zero-order valence-electron chi connectivity index (χ0n) is 21.2. The van der Waals surface area contributed by atoms with Crippen LogP contribution in [0, 0.1) is 5.92 Å². The molecule has 7 nitrogen and oxygen atoms in total. The van der Waals surface area contributed by atoms with E-state index in [-0.39, 0.29) is 23.3 Å². The van der Waals surface area contributed by atoms with E-state index in [1.165, 1.54) is 22.0 Å². The van der Waals surface area contributed by atoms with Gasteiger partial charge in [-0.25, -0.2) is 0 Å². The van der Waals surface area contributed by atoms with Crippen LogP contribution in [0.4, 0.5) is 0 Å². The number of carbonyl (C=O) groups is 1. The summed E-state index contributed by atoms with van der Waals surface area (Å²) < 4.78 is 3.86. The molecule has 6 rings (SSSR count). The molecule has 1 amide bonds. The fraction of sp³-hybridized carbons (Fsp3) is 0.367. The van der Waals surface area contributed by atoms with Gasteiger partial charge in [0.2, 0.25) is 5.91 Å². The predicted molar refractivity (Wildman–Crippen MR) is 144 cm³/mol. The maximum absolute atomic E-state index is 14.1. The zero-order chi connectivity index (χ0) is 25.4. The number of rotatable bonds is 7. The summed E-state index contributed by atoms with van der Waals surface area (Å²) in [6.07, 6.45) is 10.6. The minimum absolute atomic E-state index is 0.0247. The largest absolute Gasteiger partial charge is 0.343 e. The molecule has 0 spiro atoms. The van der Waals surface area contributed by atoms with E-state index in [2.05, 4.69) is 50.2 Å². The molecule has 0 radical (unpaired) electrons. The molecule has 2 aliphatic rings. The van der Waals surface area contributed by atoms with Crippen LogP contribution in [0.1, 0.15) is 41.9 Å². The molecule has 0 bridgehead atoms. The van der Waals surface area contributed by atoms with Crippen LogP contribution in [0.3, 0.4) is 0 Å². The molecule has 0 unspecified atom stereocenters. The van der Waals surface area contributed by atoms with Crippen LogP contribution in [-0.2, 0) is 24.9 Å². The van der Waals surface area contributed by atoms with E-state index in [9.17, 15) is 9.59 Å². The lowest BCUT2D eigenvalue weighted by Crippen LogP contribution is -2.47. The third kappa shape index (κ3) is 4.83. The fourth-order valence-corrected chi connectivity index (χ4v) is 5.75. The number of para-hydroxylation sites is 1. The molecule has 1 saturated carbocycles. The number of aromatic nitrogens is 3. The molecule has 3 aromatic heterocycles. The fourth-order valence-electron chi connectivity index (χ4n) is 5.75. The zero-order valence-corrected chi connectivity index (χ0v) is 21.2. The van der Waals surface area contributed by atoms with Gasteiger partial charge in [0.1, 0.15) is 0 Å². The quantitative estimate of drug-likeness (QED) is 0.425. The van der Waals surface area contributed by atoms with Gasteiger partial charge in [0.05, 0.1) is 5.92 Å². The third-order valence-electron chi connectivity index (χ3n) is 7.94. The predicted octanol–water partition coefficient (Wildman–Crippen LogP) is 3.67. The number of amides is 1. The van der Waals surface area contributed by atoms with Crippen molar-refractivity contribution >= 4 is 16.8 Å². The van der Waals surface area contributed by atoms with Crippen LogP contribution in [0.25, 0.3) is 10.9 Å². The van der Waals surface area contributed by atoms with E-state index in [0.29, 0.717) is 19.1 Å². The second-order valence-electron chi connectivity index (χ2n) is 10.5. The van der Waals surface area contributed by atoms with Crippen molar-refractivity contribution in [1.29, 1.82) is 0 Å². The average molecular weight is 496 g/mol. The Morgan fingerprint density at radius 2 is 1.92 bits per heavy atom. The molecule has 7 heteroatoms. The van der Waals surface area contributed by atoms with Gasteiger partial charge in [-0.05, 0) is 72.7 Å². The Balaban J connectivity index is 1.30. The number of nitrogens with one attached hydrogen (secondary N) is 1. The molecule has 37 heavy (non-hydrogen) atoms. The number of fused-ring (bicyclic) bond motifs is 1. The van der Waals surface area contributed by atoms with Crippen molar-refractivity contribution < 1.29 is 4.79 Å². The first-order valence-corrected chi connectivity index (χ1v) is 13.2. The number of aryl methyl sites for hydroxylation is 1. The lowest BCUT2D eigenvalue weighted by Gasteiger charge is -2.35. The van der Waals surface area contributed by atoms with Crippen LogP contribution in [0.5, 0.6) is 0 Å². The van der Waals surface area contributed by atoms with Gasteiger partial charge in [-0.3, -0.25) is 14.6 Å². The first-order chi connectivity index (χ1) is 18.1. The summed E-state index contributed by atoms with van der Waals surface area (Å²) in [6, 6.07) is 16.6. The van der Waals surface area contributed by atoms with E-state index in [1.807, 2.05) is 36.8 Å². The van der Waals surface area contributed by atoms with Crippen molar-refractivity contribution in [2.75, 3.05) is 13.1 Å². The molecule has 4 heterocycles. The number of hydrogen-bond acceptors (Lipinski definition) is 4. The van der Waals surface area contributed by atoms with Crippen LogP contribution in [0.2, 0.25) is 0 Å². The van der Waals surface area contributed by atoms with Crippen molar-refractivity contribution in [3.8, 4) is 0 Å². The summed E-state index contributed by atoms with van der Waals surface area (Å²) in [5.41, 5.74) is 4.51. The highest BCUT2D eigenvalue weighted by atomic mass is 16.2. The number of hydrogen-bond donors (Lipinski definition) is 1. The van der Waals surface area contributed by atoms with Gasteiger partial charge in [0, 0.05) is 74.5 Å². The monoisotopic (exact) mass is 495 g/mol. The molecule has 1 saturated heterocycles. The first kappa shape index (κ1) is 23.7. The number of pyridine rings is 2. The van der Waals surface area contributed by atoms with Crippen molar-refractivity contribution in [3.63, 3.8) is 0 Å². The maximum atomic E-state index is 14.1. The molecular weight excluding hydrogens is 462 g/mol. The van der Waals surface area contributed by atoms with Gasteiger partial charge in [-0.15, -0.1) is 0 Å². The summed E-state index contributed by atoms with van der Waals surface area (Å²) in [7, 11) is 1.76. The summed E-state index contributed by atoms with van der Waals surface area (Å²) in [4.78, 5) is 32.8.